The molecular formula is C15H11F5O. The van der Waals surface area contributed by atoms with E-state index in [4.69, 9.17) is 0 Å². The molecule has 0 saturated carbocycles. The van der Waals surface area contributed by atoms with Gasteiger partial charge in [0, 0.05) is 0 Å². The van der Waals surface area contributed by atoms with Gasteiger partial charge in [0.25, 0.3) is 0 Å². The van der Waals surface area contributed by atoms with Crippen LogP contribution in [0, 0.1) is 36.0 Å². The standard InChI is InChI=1S/C15H11F5O/c1-7-3-5-8(6-4-7)15(2,21)9-10(16)12(18)14(20)13(19)11(9)17/h3-6,21H,1-2H3. The van der Waals surface area contributed by atoms with E-state index in [1.165, 1.54) is 12.1 Å². The van der Waals surface area contributed by atoms with Crippen LogP contribution < -0.4 is 0 Å². The minimum atomic E-state index is -2.36. The Labute approximate surface area is 117 Å². The Balaban J connectivity index is 2.73. The third-order valence-corrected chi connectivity index (χ3v) is 3.31. The minimum absolute atomic E-state index is 0.0105. The highest BCUT2D eigenvalue weighted by molar-refractivity contribution is 5.39. The van der Waals surface area contributed by atoms with Gasteiger partial charge in [-0.25, -0.2) is 22.0 Å². The van der Waals surface area contributed by atoms with Gasteiger partial charge in [0.15, 0.2) is 23.3 Å². The second-order valence-corrected chi connectivity index (χ2v) is 4.88. The Kier molecular flexibility index (Phi) is 3.76. The van der Waals surface area contributed by atoms with Crippen LogP contribution in [0.15, 0.2) is 24.3 Å². The summed E-state index contributed by atoms with van der Waals surface area (Å²) in [6, 6.07) is 5.81. The molecule has 2 aromatic carbocycles. The third kappa shape index (κ3) is 2.40. The first-order chi connectivity index (χ1) is 9.67. The first-order valence-electron chi connectivity index (χ1n) is 5.99. The van der Waals surface area contributed by atoms with Crippen molar-refractivity contribution in [1.29, 1.82) is 0 Å². The number of rotatable bonds is 2. The van der Waals surface area contributed by atoms with Crippen molar-refractivity contribution in [3.05, 3.63) is 70.0 Å². The van der Waals surface area contributed by atoms with Crippen LogP contribution in [0.25, 0.3) is 0 Å². The summed E-state index contributed by atoms with van der Waals surface area (Å²) in [6.45, 7) is 2.72. The summed E-state index contributed by atoms with van der Waals surface area (Å²) in [6.07, 6.45) is 0. The van der Waals surface area contributed by atoms with Crippen molar-refractivity contribution in [2.75, 3.05) is 0 Å². The molecule has 0 aliphatic carbocycles. The number of aryl methyl sites for hydroxylation is 1. The SMILES string of the molecule is Cc1ccc(C(C)(O)c2c(F)c(F)c(F)c(F)c2F)cc1. The van der Waals surface area contributed by atoms with Gasteiger partial charge in [-0.05, 0) is 19.4 Å². The molecule has 0 radical (unpaired) electrons. The zero-order chi connectivity index (χ0) is 15.9. The van der Waals surface area contributed by atoms with E-state index >= 15 is 0 Å². The van der Waals surface area contributed by atoms with Crippen LogP contribution in [0.1, 0.15) is 23.6 Å². The van der Waals surface area contributed by atoms with Crippen LogP contribution in [0.4, 0.5) is 22.0 Å². The molecule has 0 aliphatic heterocycles. The van der Waals surface area contributed by atoms with Gasteiger partial charge in [0.2, 0.25) is 5.82 Å². The fraction of sp³-hybridized carbons (Fsp3) is 0.200. The molecule has 21 heavy (non-hydrogen) atoms. The molecule has 1 atom stereocenters. The Bertz CT molecular complexity index is 663. The summed E-state index contributed by atoms with van der Waals surface area (Å²) in [4.78, 5) is 0. The maximum absolute atomic E-state index is 13.8. The van der Waals surface area contributed by atoms with Crippen LogP contribution in [0.2, 0.25) is 0 Å². The monoisotopic (exact) mass is 302 g/mol. The summed E-state index contributed by atoms with van der Waals surface area (Å²) < 4.78 is 67.1. The highest BCUT2D eigenvalue weighted by Crippen LogP contribution is 2.35. The van der Waals surface area contributed by atoms with Crippen molar-refractivity contribution in [1.82, 2.24) is 0 Å². The van der Waals surface area contributed by atoms with Gasteiger partial charge in [-0.3, -0.25) is 0 Å². The summed E-state index contributed by atoms with van der Waals surface area (Å²) in [5, 5.41) is 10.3. The van der Waals surface area contributed by atoms with Crippen molar-refractivity contribution in [2.45, 2.75) is 19.4 Å². The molecule has 6 heteroatoms. The number of benzene rings is 2. The normalized spacial score (nSPS) is 14.1. The fourth-order valence-corrected chi connectivity index (χ4v) is 2.05. The first kappa shape index (κ1) is 15.4. The summed E-state index contributed by atoms with van der Waals surface area (Å²) in [5.41, 5.74) is -2.82. The maximum atomic E-state index is 13.8. The molecule has 1 unspecified atom stereocenters. The Hall–Kier alpha value is -1.95. The smallest absolute Gasteiger partial charge is 0.200 e. The van der Waals surface area contributed by atoms with E-state index in [0.29, 0.717) is 0 Å². The molecule has 0 bridgehead atoms. The van der Waals surface area contributed by atoms with Gasteiger partial charge in [-0.15, -0.1) is 0 Å². The summed E-state index contributed by atoms with van der Waals surface area (Å²) >= 11 is 0. The molecule has 0 aliphatic rings. The lowest BCUT2D eigenvalue weighted by molar-refractivity contribution is 0.0904. The van der Waals surface area contributed by atoms with Gasteiger partial charge in [0.1, 0.15) is 5.60 Å². The molecule has 0 heterocycles. The number of hydrogen-bond donors (Lipinski definition) is 1. The van der Waals surface area contributed by atoms with E-state index in [9.17, 15) is 27.1 Å². The lowest BCUT2D eigenvalue weighted by Gasteiger charge is -2.26. The minimum Gasteiger partial charge on any atom is -0.380 e. The van der Waals surface area contributed by atoms with Gasteiger partial charge in [-0.2, -0.15) is 0 Å². The lowest BCUT2D eigenvalue weighted by atomic mass is 9.86. The van der Waals surface area contributed by atoms with Crippen LogP contribution in [0.3, 0.4) is 0 Å². The van der Waals surface area contributed by atoms with Gasteiger partial charge < -0.3 is 5.11 Å². The van der Waals surface area contributed by atoms with E-state index in [-0.39, 0.29) is 5.56 Å². The van der Waals surface area contributed by atoms with Crippen LogP contribution in [-0.4, -0.2) is 5.11 Å². The molecule has 0 saturated heterocycles. The first-order valence-corrected chi connectivity index (χ1v) is 5.99. The van der Waals surface area contributed by atoms with E-state index < -0.39 is 40.3 Å². The lowest BCUT2D eigenvalue weighted by Crippen LogP contribution is -2.28. The second kappa shape index (κ2) is 5.11. The van der Waals surface area contributed by atoms with Gasteiger partial charge >= 0.3 is 0 Å². The molecule has 0 aromatic heterocycles. The second-order valence-electron chi connectivity index (χ2n) is 4.88. The topological polar surface area (TPSA) is 20.2 Å². The quantitative estimate of drug-likeness (QED) is 0.506. The van der Waals surface area contributed by atoms with Crippen molar-refractivity contribution in [2.24, 2.45) is 0 Å². The third-order valence-electron chi connectivity index (χ3n) is 3.31. The van der Waals surface area contributed by atoms with E-state index in [2.05, 4.69) is 0 Å². The number of halogens is 5. The Morgan fingerprint density at radius 1 is 0.762 bits per heavy atom. The number of hydrogen-bond acceptors (Lipinski definition) is 1. The zero-order valence-corrected chi connectivity index (χ0v) is 11.1. The molecular weight excluding hydrogens is 291 g/mol. The van der Waals surface area contributed by atoms with E-state index in [1.807, 2.05) is 0 Å². The van der Waals surface area contributed by atoms with Crippen LogP contribution in [0.5, 0.6) is 0 Å². The predicted molar refractivity (Wildman–Crippen MR) is 66.1 cm³/mol. The van der Waals surface area contributed by atoms with Crippen molar-refractivity contribution >= 4 is 0 Å². The molecule has 112 valence electrons. The van der Waals surface area contributed by atoms with Gasteiger partial charge in [-0.1, -0.05) is 29.8 Å². The molecule has 2 aromatic rings. The van der Waals surface area contributed by atoms with Crippen LogP contribution >= 0.6 is 0 Å². The molecule has 2 rings (SSSR count). The van der Waals surface area contributed by atoms with Gasteiger partial charge in [0.05, 0.1) is 5.56 Å². The molecule has 1 nitrogen and oxygen atoms in total. The largest absolute Gasteiger partial charge is 0.380 e. The van der Waals surface area contributed by atoms with Crippen molar-refractivity contribution in [3.8, 4) is 0 Å². The molecule has 0 amide bonds. The van der Waals surface area contributed by atoms with E-state index in [1.54, 1.807) is 19.1 Å². The molecule has 0 fully saturated rings. The highest BCUT2D eigenvalue weighted by atomic mass is 19.2. The van der Waals surface area contributed by atoms with Crippen molar-refractivity contribution < 1.29 is 27.1 Å². The summed E-state index contributed by atoms with van der Waals surface area (Å²) in [5.74, 6) is -10.5. The maximum Gasteiger partial charge on any atom is 0.200 e. The molecule has 1 N–H and O–H groups in total. The van der Waals surface area contributed by atoms with E-state index in [0.717, 1.165) is 12.5 Å². The Morgan fingerprint density at radius 3 is 1.57 bits per heavy atom. The number of aliphatic hydroxyl groups is 1. The average molecular weight is 302 g/mol. The van der Waals surface area contributed by atoms with Crippen molar-refractivity contribution in [3.63, 3.8) is 0 Å². The fourth-order valence-electron chi connectivity index (χ4n) is 2.05. The highest BCUT2D eigenvalue weighted by Gasteiger charge is 2.37. The Morgan fingerprint density at radius 2 is 1.14 bits per heavy atom. The molecule has 0 spiro atoms. The van der Waals surface area contributed by atoms with Crippen LogP contribution in [-0.2, 0) is 5.60 Å². The predicted octanol–water partition coefficient (Wildman–Crippen LogP) is 3.95. The average Bonchev–Trinajstić information content (AvgIpc) is 2.43. The summed E-state index contributed by atoms with van der Waals surface area (Å²) in [7, 11) is 0. The zero-order valence-electron chi connectivity index (χ0n) is 11.1.